The Labute approximate surface area is 194 Å². The lowest BCUT2D eigenvalue weighted by atomic mass is 10.00. The van der Waals surface area contributed by atoms with Crippen LogP contribution in [0.1, 0.15) is 27.9 Å². The molecule has 0 spiro atoms. The predicted molar refractivity (Wildman–Crippen MR) is 129 cm³/mol. The van der Waals surface area contributed by atoms with E-state index in [1.54, 1.807) is 47.4 Å². The zero-order valence-corrected chi connectivity index (χ0v) is 19.4. The number of rotatable bonds is 7. The maximum atomic E-state index is 13.1. The van der Waals surface area contributed by atoms with Gasteiger partial charge in [0.25, 0.3) is 5.91 Å². The van der Waals surface area contributed by atoms with Gasteiger partial charge in [-0.05, 0) is 60.4 Å². The van der Waals surface area contributed by atoms with Crippen LogP contribution in [-0.4, -0.2) is 35.1 Å². The smallest absolute Gasteiger partial charge is 0.258 e. The van der Waals surface area contributed by atoms with Crippen molar-refractivity contribution >= 4 is 27.3 Å². The number of hydrogen-bond acceptors (Lipinski definition) is 5. The number of carbonyl (C=O) groups excluding carboxylic acids is 1. The van der Waals surface area contributed by atoms with E-state index in [4.69, 9.17) is 9.47 Å². The first kappa shape index (κ1) is 22.7. The fraction of sp³-hybridized carbons (Fsp3) is 0.240. The minimum Gasteiger partial charge on any atom is -0.493 e. The molecule has 3 aromatic rings. The summed E-state index contributed by atoms with van der Waals surface area (Å²) in [6.07, 6.45) is 1.70. The summed E-state index contributed by atoms with van der Waals surface area (Å²) < 4.78 is 38.8. The second-order valence-electron chi connectivity index (χ2n) is 7.82. The van der Waals surface area contributed by atoms with Crippen LogP contribution in [0.25, 0.3) is 0 Å². The lowest BCUT2D eigenvalue weighted by Gasteiger charge is -2.30. The third-order valence-corrected chi connectivity index (χ3v) is 6.81. The molecule has 0 aliphatic carbocycles. The standard InChI is InChI=1S/C25H26N2O5S/c1-31-23-13-10-18(15-24(23)32-2)17-33(29,30)26-21-12-11-19-9-6-14-27(22(19)16-21)25(28)20-7-4-3-5-8-20/h3-5,7-8,10-13,15-16,26H,6,9,14,17H2,1-2H3. The monoisotopic (exact) mass is 466 g/mol. The highest BCUT2D eigenvalue weighted by molar-refractivity contribution is 7.91. The van der Waals surface area contributed by atoms with Gasteiger partial charge < -0.3 is 14.4 Å². The second kappa shape index (κ2) is 9.54. The van der Waals surface area contributed by atoms with Crippen LogP contribution in [0.2, 0.25) is 0 Å². The van der Waals surface area contributed by atoms with Crippen LogP contribution in [-0.2, 0) is 22.2 Å². The zero-order valence-electron chi connectivity index (χ0n) is 18.6. The van der Waals surface area contributed by atoms with E-state index in [9.17, 15) is 13.2 Å². The van der Waals surface area contributed by atoms with Gasteiger partial charge in [-0.3, -0.25) is 9.52 Å². The average Bonchev–Trinajstić information content (AvgIpc) is 2.83. The first-order valence-corrected chi connectivity index (χ1v) is 12.3. The van der Waals surface area contributed by atoms with Crippen LogP contribution >= 0.6 is 0 Å². The number of carbonyl (C=O) groups is 1. The molecular formula is C25H26N2O5S. The Kier molecular flexibility index (Phi) is 6.55. The molecule has 1 aliphatic heterocycles. The fourth-order valence-electron chi connectivity index (χ4n) is 3.99. The van der Waals surface area contributed by atoms with Crippen LogP contribution < -0.4 is 19.1 Å². The van der Waals surface area contributed by atoms with Crippen molar-refractivity contribution in [3.05, 3.63) is 83.4 Å². The molecule has 3 aromatic carbocycles. The minimum absolute atomic E-state index is 0.0955. The minimum atomic E-state index is -3.70. The quantitative estimate of drug-likeness (QED) is 0.563. The molecule has 172 valence electrons. The molecule has 8 heteroatoms. The molecule has 0 radical (unpaired) electrons. The fourth-order valence-corrected chi connectivity index (χ4v) is 5.17. The number of nitrogens with zero attached hydrogens (tertiary/aromatic N) is 1. The summed E-state index contributed by atoms with van der Waals surface area (Å²) in [6, 6.07) is 19.5. The van der Waals surface area contributed by atoms with Gasteiger partial charge in [-0.1, -0.05) is 30.3 Å². The molecule has 1 amide bonds. The molecule has 0 saturated heterocycles. The van der Waals surface area contributed by atoms with Crippen molar-refractivity contribution in [1.29, 1.82) is 0 Å². The van der Waals surface area contributed by atoms with Gasteiger partial charge in [0.1, 0.15) is 0 Å². The van der Waals surface area contributed by atoms with Crippen LogP contribution in [0.15, 0.2) is 66.7 Å². The SMILES string of the molecule is COc1ccc(CS(=O)(=O)Nc2ccc3c(c2)N(C(=O)c2ccccc2)CCC3)cc1OC. The number of aryl methyl sites for hydroxylation is 1. The highest BCUT2D eigenvalue weighted by Gasteiger charge is 2.24. The summed E-state index contributed by atoms with van der Waals surface area (Å²) in [7, 11) is -0.669. The first-order valence-electron chi connectivity index (χ1n) is 10.6. The van der Waals surface area contributed by atoms with Gasteiger partial charge in [0, 0.05) is 17.8 Å². The van der Waals surface area contributed by atoms with Gasteiger partial charge in [-0.25, -0.2) is 8.42 Å². The van der Waals surface area contributed by atoms with Gasteiger partial charge in [-0.15, -0.1) is 0 Å². The Balaban J connectivity index is 1.56. The maximum Gasteiger partial charge on any atom is 0.258 e. The highest BCUT2D eigenvalue weighted by Crippen LogP contribution is 2.32. The third kappa shape index (κ3) is 5.12. The van der Waals surface area contributed by atoms with Crippen molar-refractivity contribution in [2.45, 2.75) is 18.6 Å². The molecule has 7 nitrogen and oxygen atoms in total. The first-order chi connectivity index (χ1) is 15.9. The topological polar surface area (TPSA) is 84.9 Å². The molecule has 0 saturated carbocycles. The largest absolute Gasteiger partial charge is 0.493 e. The summed E-state index contributed by atoms with van der Waals surface area (Å²) in [6.45, 7) is 0.586. The molecule has 0 fully saturated rings. The van der Waals surface area contributed by atoms with E-state index in [2.05, 4.69) is 4.72 Å². The molecule has 1 N–H and O–H groups in total. The van der Waals surface area contributed by atoms with Crippen molar-refractivity contribution in [1.82, 2.24) is 0 Å². The summed E-state index contributed by atoms with van der Waals surface area (Å²) >= 11 is 0. The lowest BCUT2D eigenvalue weighted by Crippen LogP contribution is -2.35. The second-order valence-corrected chi connectivity index (χ2v) is 9.54. The van der Waals surface area contributed by atoms with Gasteiger partial charge in [0.05, 0.1) is 25.7 Å². The summed E-state index contributed by atoms with van der Waals surface area (Å²) in [5.74, 6) is 0.678. The number of ether oxygens (including phenoxy) is 2. The Morgan fingerprint density at radius 3 is 2.45 bits per heavy atom. The molecule has 4 rings (SSSR count). The molecule has 0 bridgehead atoms. The Morgan fingerprint density at radius 1 is 0.970 bits per heavy atom. The summed E-state index contributed by atoms with van der Waals surface area (Å²) in [5, 5.41) is 0. The number of fused-ring (bicyclic) bond motifs is 1. The van der Waals surface area contributed by atoms with Crippen molar-refractivity contribution in [3.63, 3.8) is 0 Å². The van der Waals surface area contributed by atoms with E-state index in [0.717, 1.165) is 24.1 Å². The van der Waals surface area contributed by atoms with Gasteiger partial charge in [-0.2, -0.15) is 0 Å². The predicted octanol–water partition coefficient (Wildman–Crippen LogP) is 4.24. The molecule has 1 heterocycles. The number of anilines is 2. The maximum absolute atomic E-state index is 13.1. The van der Waals surface area contributed by atoms with Crippen molar-refractivity contribution in [2.75, 3.05) is 30.4 Å². The molecule has 0 unspecified atom stereocenters. The van der Waals surface area contributed by atoms with E-state index < -0.39 is 10.0 Å². The Hall–Kier alpha value is -3.52. The van der Waals surface area contributed by atoms with Crippen molar-refractivity contribution < 1.29 is 22.7 Å². The molecule has 0 aromatic heterocycles. The van der Waals surface area contributed by atoms with Crippen molar-refractivity contribution in [2.24, 2.45) is 0 Å². The number of amides is 1. The van der Waals surface area contributed by atoms with Crippen LogP contribution in [0.3, 0.4) is 0 Å². The molecular weight excluding hydrogens is 440 g/mol. The number of hydrogen-bond donors (Lipinski definition) is 1. The zero-order chi connectivity index (χ0) is 23.4. The normalized spacial score (nSPS) is 13.2. The van der Waals surface area contributed by atoms with Gasteiger partial charge in [0.15, 0.2) is 11.5 Å². The summed E-state index contributed by atoms with van der Waals surface area (Å²) in [5.41, 5.74) is 3.35. The van der Waals surface area contributed by atoms with E-state index in [1.165, 1.54) is 14.2 Å². The molecule has 33 heavy (non-hydrogen) atoms. The van der Waals surface area contributed by atoms with Crippen LogP contribution in [0.5, 0.6) is 11.5 Å². The Morgan fingerprint density at radius 2 is 1.73 bits per heavy atom. The van der Waals surface area contributed by atoms with Crippen molar-refractivity contribution in [3.8, 4) is 11.5 Å². The van der Waals surface area contributed by atoms with Gasteiger partial charge in [0.2, 0.25) is 10.0 Å². The molecule has 0 atom stereocenters. The average molecular weight is 467 g/mol. The van der Waals surface area contributed by atoms with E-state index in [0.29, 0.717) is 34.9 Å². The number of nitrogens with one attached hydrogen (secondary N) is 1. The number of methoxy groups -OCH3 is 2. The highest BCUT2D eigenvalue weighted by atomic mass is 32.2. The molecule has 1 aliphatic rings. The number of benzene rings is 3. The summed E-state index contributed by atoms with van der Waals surface area (Å²) in [4.78, 5) is 14.8. The van der Waals surface area contributed by atoms with E-state index >= 15 is 0 Å². The van der Waals surface area contributed by atoms with Crippen LogP contribution in [0.4, 0.5) is 11.4 Å². The lowest BCUT2D eigenvalue weighted by molar-refractivity contribution is 0.0985. The van der Waals surface area contributed by atoms with E-state index in [-0.39, 0.29) is 11.7 Å². The Bertz CT molecular complexity index is 1260. The van der Waals surface area contributed by atoms with E-state index in [1.807, 2.05) is 24.3 Å². The van der Waals surface area contributed by atoms with Crippen LogP contribution in [0, 0.1) is 0 Å². The third-order valence-electron chi connectivity index (χ3n) is 5.55. The van der Waals surface area contributed by atoms with Gasteiger partial charge >= 0.3 is 0 Å². The number of sulfonamides is 1.